The lowest BCUT2D eigenvalue weighted by Gasteiger charge is -2.25. The highest BCUT2D eigenvalue weighted by Gasteiger charge is 2.46. The number of ether oxygens (including phenoxy) is 3. The molecule has 3 rings (SSSR count). The van der Waals surface area contributed by atoms with Crippen molar-refractivity contribution in [3.05, 3.63) is 64.2 Å². The number of aliphatic hydroxyl groups is 1. The molecule has 1 aliphatic rings. The quantitative estimate of drug-likeness (QED) is 0.416. The van der Waals surface area contributed by atoms with Gasteiger partial charge in [0.25, 0.3) is 11.7 Å². The Morgan fingerprint density at radius 2 is 1.71 bits per heavy atom. The highest BCUT2D eigenvalue weighted by molar-refractivity contribution is 6.46. The van der Waals surface area contributed by atoms with Crippen LogP contribution in [0.2, 0.25) is 0 Å². The number of carbonyl (C=O) groups is 2. The van der Waals surface area contributed by atoms with Crippen LogP contribution in [-0.2, 0) is 14.3 Å². The Bertz CT molecular complexity index is 1040. The largest absolute Gasteiger partial charge is 0.507 e. The first-order valence-corrected chi connectivity index (χ1v) is 9.90. The van der Waals surface area contributed by atoms with Crippen molar-refractivity contribution in [1.29, 1.82) is 0 Å². The summed E-state index contributed by atoms with van der Waals surface area (Å²) in [5, 5.41) is 11.2. The molecule has 164 valence electrons. The average Bonchev–Trinajstić information content (AvgIpc) is 3.03. The van der Waals surface area contributed by atoms with Crippen LogP contribution in [0, 0.1) is 13.8 Å². The Kier molecular flexibility index (Phi) is 6.65. The second-order valence-corrected chi connectivity index (χ2v) is 7.42. The zero-order valence-corrected chi connectivity index (χ0v) is 18.4. The highest BCUT2D eigenvalue weighted by Crippen LogP contribution is 2.42. The molecular formula is C24H27NO6. The van der Waals surface area contributed by atoms with Crippen LogP contribution >= 0.6 is 0 Å². The number of likely N-dealkylation sites (tertiary alicyclic amines) is 1. The number of methoxy groups -OCH3 is 3. The lowest BCUT2D eigenvalue weighted by molar-refractivity contribution is -0.140. The molecule has 1 fully saturated rings. The van der Waals surface area contributed by atoms with Gasteiger partial charge >= 0.3 is 0 Å². The number of aryl methyl sites for hydroxylation is 2. The Morgan fingerprint density at radius 3 is 2.35 bits per heavy atom. The fourth-order valence-corrected chi connectivity index (χ4v) is 3.81. The van der Waals surface area contributed by atoms with Crippen LogP contribution in [0.4, 0.5) is 0 Å². The SMILES string of the molecule is COCCN1C(=O)C(=O)C(=C(O)c2cc(C)ccc2C)[C@@H]1c1ccc(OC)c(OC)c1. The average molecular weight is 425 g/mol. The molecule has 2 aromatic carbocycles. The van der Waals surface area contributed by atoms with Crippen molar-refractivity contribution in [2.75, 3.05) is 34.5 Å². The Hall–Kier alpha value is -3.32. The molecule has 1 atom stereocenters. The molecule has 0 radical (unpaired) electrons. The number of amides is 1. The molecule has 31 heavy (non-hydrogen) atoms. The third kappa shape index (κ3) is 4.14. The van der Waals surface area contributed by atoms with E-state index in [4.69, 9.17) is 14.2 Å². The standard InChI is InChI=1S/C24H27NO6/c1-14-6-7-15(2)17(12-14)22(26)20-21(25(10-11-29-3)24(28)23(20)27)16-8-9-18(30-4)19(13-16)31-5/h6-9,12-13,21,26H,10-11H2,1-5H3/t21-/m0/s1. The van der Waals surface area contributed by atoms with Crippen LogP contribution < -0.4 is 9.47 Å². The third-order valence-electron chi connectivity index (χ3n) is 5.45. The monoisotopic (exact) mass is 425 g/mol. The van der Waals surface area contributed by atoms with Crippen molar-refractivity contribution in [2.24, 2.45) is 0 Å². The summed E-state index contributed by atoms with van der Waals surface area (Å²) in [6.07, 6.45) is 0. The van der Waals surface area contributed by atoms with E-state index < -0.39 is 17.7 Å². The number of rotatable bonds is 7. The van der Waals surface area contributed by atoms with Gasteiger partial charge < -0.3 is 24.2 Å². The summed E-state index contributed by atoms with van der Waals surface area (Å²) in [5.74, 6) is -0.615. The summed E-state index contributed by atoms with van der Waals surface area (Å²) in [6, 6.07) is 10.0. The van der Waals surface area contributed by atoms with Crippen LogP contribution in [0.15, 0.2) is 42.0 Å². The maximum atomic E-state index is 13.0. The van der Waals surface area contributed by atoms with Crippen LogP contribution in [0.5, 0.6) is 11.5 Å². The molecule has 0 aromatic heterocycles. The van der Waals surface area contributed by atoms with Crippen molar-refractivity contribution in [1.82, 2.24) is 4.90 Å². The van der Waals surface area contributed by atoms with E-state index in [1.165, 1.54) is 26.2 Å². The maximum absolute atomic E-state index is 13.0. The molecule has 0 bridgehead atoms. The van der Waals surface area contributed by atoms with E-state index in [2.05, 4.69) is 0 Å². The summed E-state index contributed by atoms with van der Waals surface area (Å²) >= 11 is 0. The minimum Gasteiger partial charge on any atom is -0.507 e. The summed E-state index contributed by atoms with van der Waals surface area (Å²) in [5.41, 5.74) is 2.93. The molecule has 7 heteroatoms. The molecule has 0 aliphatic carbocycles. The number of hydrogen-bond donors (Lipinski definition) is 1. The van der Waals surface area contributed by atoms with Gasteiger partial charge in [0.1, 0.15) is 5.76 Å². The van der Waals surface area contributed by atoms with Gasteiger partial charge in [-0.25, -0.2) is 0 Å². The summed E-state index contributed by atoms with van der Waals surface area (Å²) in [6.45, 7) is 4.20. The first-order valence-electron chi connectivity index (χ1n) is 9.90. The number of benzene rings is 2. The van der Waals surface area contributed by atoms with Crippen LogP contribution in [0.25, 0.3) is 5.76 Å². The fourth-order valence-electron chi connectivity index (χ4n) is 3.81. The number of aliphatic hydroxyl groups excluding tert-OH is 1. The second kappa shape index (κ2) is 9.22. The first-order chi connectivity index (χ1) is 14.8. The number of nitrogens with zero attached hydrogens (tertiary/aromatic N) is 1. The number of Topliss-reactive ketones (excluding diaryl/α,β-unsaturated/α-hetero) is 1. The molecule has 1 saturated heterocycles. The molecule has 0 unspecified atom stereocenters. The van der Waals surface area contributed by atoms with Gasteiger partial charge in [0, 0.05) is 19.2 Å². The van der Waals surface area contributed by atoms with Crippen molar-refractivity contribution < 1.29 is 28.9 Å². The van der Waals surface area contributed by atoms with Gasteiger partial charge in [0.05, 0.1) is 32.4 Å². The highest BCUT2D eigenvalue weighted by atomic mass is 16.5. The Labute approximate surface area is 181 Å². The smallest absolute Gasteiger partial charge is 0.295 e. The second-order valence-electron chi connectivity index (χ2n) is 7.42. The summed E-state index contributed by atoms with van der Waals surface area (Å²) < 4.78 is 15.9. The minimum absolute atomic E-state index is 0.0435. The normalized spacial score (nSPS) is 17.8. The van der Waals surface area contributed by atoms with Gasteiger partial charge in [-0.15, -0.1) is 0 Å². The van der Waals surface area contributed by atoms with Gasteiger partial charge in [-0.1, -0.05) is 23.8 Å². The van der Waals surface area contributed by atoms with Crippen molar-refractivity contribution in [2.45, 2.75) is 19.9 Å². The topological polar surface area (TPSA) is 85.3 Å². The van der Waals surface area contributed by atoms with Crippen LogP contribution in [0.1, 0.15) is 28.3 Å². The zero-order chi connectivity index (χ0) is 22.7. The van der Waals surface area contributed by atoms with Crippen LogP contribution in [-0.4, -0.2) is 56.2 Å². The van der Waals surface area contributed by atoms with Crippen molar-refractivity contribution in [3.8, 4) is 11.5 Å². The molecule has 1 N–H and O–H groups in total. The van der Waals surface area contributed by atoms with E-state index in [1.54, 1.807) is 24.3 Å². The van der Waals surface area contributed by atoms with Gasteiger partial charge in [-0.2, -0.15) is 0 Å². The van der Waals surface area contributed by atoms with Gasteiger partial charge in [-0.05, 0) is 43.2 Å². The van der Waals surface area contributed by atoms with E-state index in [0.29, 0.717) is 22.6 Å². The number of hydrogen-bond acceptors (Lipinski definition) is 6. The predicted octanol–water partition coefficient (Wildman–Crippen LogP) is 3.39. The van der Waals surface area contributed by atoms with E-state index in [-0.39, 0.29) is 24.5 Å². The maximum Gasteiger partial charge on any atom is 0.295 e. The van der Waals surface area contributed by atoms with E-state index in [0.717, 1.165) is 11.1 Å². The molecule has 7 nitrogen and oxygen atoms in total. The van der Waals surface area contributed by atoms with E-state index >= 15 is 0 Å². The molecule has 1 aliphatic heterocycles. The fraction of sp³-hybridized carbons (Fsp3) is 0.333. The molecule has 0 saturated carbocycles. The third-order valence-corrected chi connectivity index (χ3v) is 5.45. The summed E-state index contributed by atoms with van der Waals surface area (Å²) in [4.78, 5) is 27.4. The summed E-state index contributed by atoms with van der Waals surface area (Å²) in [7, 11) is 4.57. The molecular weight excluding hydrogens is 398 g/mol. The molecule has 2 aromatic rings. The van der Waals surface area contributed by atoms with E-state index in [9.17, 15) is 14.7 Å². The van der Waals surface area contributed by atoms with Gasteiger partial charge in [0.15, 0.2) is 11.5 Å². The van der Waals surface area contributed by atoms with E-state index in [1.807, 2.05) is 26.0 Å². The Morgan fingerprint density at radius 1 is 1.00 bits per heavy atom. The van der Waals surface area contributed by atoms with Crippen molar-refractivity contribution in [3.63, 3.8) is 0 Å². The van der Waals surface area contributed by atoms with Crippen molar-refractivity contribution >= 4 is 17.4 Å². The Balaban J connectivity index is 2.24. The van der Waals surface area contributed by atoms with Gasteiger partial charge in [0.2, 0.25) is 0 Å². The minimum atomic E-state index is -0.783. The zero-order valence-electron chi connectivity index (χ0n) is 18.4. The van der Waals surface area contributed by atoms with Gasteiger partial charge in [-0.3, -0.25) is 9.59 Å². The lowest BCUT2D eigenvalue weighted by Crippen LogP contribution is -2.32. The molecule has 1 amide bonds. The molecule has 0 spiro atoms. The number of ketones is 1. The first kappa shape index (κ1) is 22.4. The lowest BCUT2D eigenvalue weighted by atomic mass is 9.93. The predicted molar refractivity (Wildman–Crippen MR) is 116 cm³/mol. The number of carbonyl (C=O) groups excluding carboxylic acids is 2. The van der Waals surface area contributed by atoms with Crippen LogP contribution in [0.3, 0.4) is 0 Å². The molecule has 1 heterocycles.